The van der Waals surface area contributed by atoms with Crippen LogP contribution in [0, 0.1) is 13.8 Å². The molecule has 19 heavy (non-hydrogen) atoms. The summed E-state index contributed by atoms with van der Waals surface area (Å²) in [5.74, 6) is 0.909. The molecule has 0 unspecified atom stereocenters. The lowest BCUT2D eigenvalue weighted by Gasteiger charge is -2.12. The standard InChI is InChI=1S/C16H22N2O/c1-11-8-13(6-4-5-7-17)16-14(9-11)15(19-3)10-12(2)18-16/h8-10H,4-7,17H2,1-3H3. The van der Waals surface area contributed by atoms with E-state index in [2.05, 4.69) is 19.1 Å². The second-order valence-corrected chi connectivity index (χ2v) is 5.03. The maximum Gasteiger partial charge on any atom is 0.130 e. The molecule has 0 atom stereocenters. The summed E-state index contributed by atoms with van der Waals surface area (Å²) in [6, 6.07) is 6.36. The number of hydrogen-bond donors (Lipinski definition) is 1. The van der Waals surface area contributed by atoms with Crippen molar-refractivity contribution in [2.45, 2.75) is 33.1 Å². The van der Waals surface area contributed by atoms with Gasteiger partial charge in [0.1, 0.15) is 5.75 Å². The first-order chi connectivity index (χ1) is 9.15. The number of nitrogens with zero attached hydrogens (tertiary/aromatic N) is 1. The molecule has 0 radical (unpaired) electrons. The highest BCUT2D eigenvalue weighted by Gasteiger charge is 2.09. The molecule has 3 heteroatoms. The molecule has 102 valence electrons. The molecule has 1 aromatic heterocycles. The summed E-state index contributed by atoms with van der Waals surface area (Å²) >= 11 is 0. The van der Waals surface area contributed by atoms with E-state index < -0.39 is 0 Å². The molecule has 1 aromatic carbocycles. The lowest BCUT2D eigenvalue weighted by molar-refractivity contribution is 0.419. The quantitative estimate of drug-likeness (QED) is 0.838. The first-order valence-electron chi connectivity index (χ1n) is 6.80. The molecule has 1 heterocycles. The molecule has 2 N–H and O–H groups in total. The molecule has 0 saturated heterocycles. The maximum absolute atomic E-state index is 5.57. The van der Waals surface area contributed by atoms with Crippen molar-refractivity contribution in [1.82, 2.24) is 4.98 Å². The van der Waals surface area contributed by atoms with E-state index in [4.69, 9.17) is 15.5 Å². The Hall–Kier alpha value is -1.61. The Morgan fingerprint density at radius 1 is 1.16 bits per heavy atom. The molecule has 0 aliphatic heterocycles. The molecule has 2 rings (SSSR count). The molecule has 3 nitrogen and oxygen atoms in total. The van der Waals surface area contributed by atoms with Crippen molar-refractivity contribution in [1.29, 1.82) is 0 Å². The van der Waals surface area contributed by atoms with Gasteiger partial charge in [0.05, 0.1) is 12.6 Å². The number of benzene rings is 1. The van der Waals surface area contributed by atoms with Gasteiger partial charge in [-0.15, -0.1) is 0 Å². The fourth-order valence-corrected chi connectivity index (χ4v) is 2.47. The van der Waals surface area contributed by atoms with Crippen LogP contribution in [0.2, 0.25) is 0 Å². The number of hydrogen-bond acceptors (Lipinski definition) is 3. The highest BCUT2D eigenvalue weighted by Crippen LogP contribution is 2.29. The zero-order valence-electron chi connectivity index (χ0n) is 12.0. The largest absolute Gasteiger partial charge is 0.496 e. The number of rotatable bonds is 5. The summed E-state index contributed by atoms with van der Waals surface area (Å²) in [7, 11) is 1.71. The zero-order valence-corrected chi connectivity index (χ0v) is 12.0. The third kappa shape index (κ3) is 3.04. The molecule has 0 aliphatic rings. The van der Waals surface area contributed by atoms with Gasteiger partial charge in [-0.1, -0.05) is 6.07 Å². The van der Waals surface area contributed by atoms with E-state index in [1.807, 2.05) is 13.0 Å². The molecule has 0 bridgehead atoms. The molecule has 0 saturated carbocycles. The Bertz CT molecular complexity index is 578. The SMILES string of the molecule is COc1cc(C)nc2c(CCCCN)cc(C)cc12. The number of aryl methyl sites for hydroxylation is 3. The third-order valence-electron chi connectivity index (χ3n) is 3.35. The Kier molecular flexibility index (Phi) is 4.38. The first kappa shape index (κ1) is 13.8. The summed E-state index contributed by atoms with van der Waals surface area (Å²) in [4.78, 5) is 4.69. The van der Waals surface area contributed by atoms with Crippen molar-refractivity contribution in [3.63, 3.8) is 0 Å². The van der Waals surface area contributed by atoms with Crippen LogP contribution < -0.4 is 10.5 Å². The van der Waals surface area contributed by atoms with E-state index in [9.17, 15) is 0 Å². The summed E-state index contributed by atoms with van der Waals surface area (Å²) < 4.78 is 5.48. The molecule has 2 aromatic rings. The average molecular weight is 258 g/mol. The molecular weight excluding hydrogens is 236 g/mol. The highest BCUT2D eigenvalue weighted by molar-refractivity contribution is 5.88. The van der Waals surface area contributed by atoms with Crippen LogP contribution in [0.15, 0.2) is 18.2 Å². The van der Waals surface area contributed by atoms with E-state index >= 15 is 0 Å². The molecule has 0 amide bonds. The monoisotopic (exact) mass is 258 g/mol. The van der Waals surface area contributed by atoms with Gasteiger partial charge in [0.15, 0.2) is 0 Å². The number of methoxy groups -OCH3 is 1. The van der Waals surface area contributed by atoms with Crippen LogP contribution in [-0.2, 0) is 6.42 Å². The van der Waals surface area contributed by atoms with Crippen LogP contribution in [0.25, 0.3) is 10.9 Å². The van der Waals surface area contributed by atoms with Crippen molar-refractivity contribution in [3.8, 4) is 5.75 Å². The van der Waals surface area contributed by atoms with E-state index in [-0.39, 0.29) is 0 Å². The summed E-state index contributed by atoms with van der Waals surface area (Å²) in [5, 5.41) is 1.11. The lowest BCUT2D eigenvalue weighted by Crippen LogP contribution is -2.00. The zero-order chi connectivity index (χ0) is 13.8. The van der Waals surface area contributed by atoms with Gasteiger partial charge in [-0.25, -0.2) is 0 Å². The Balaban J connectivity index is 2.53. The summed E-state index contributed by atoms with van der Waals surface area (Å²) in [6.07, 6.45) is 3.18. The van der Waals surface area contributed by atoms with Gasteiger partial charge in [-0.3, -0.25) is 4.98 Å². The second kappa shape index (κ2) is 6.02. The first-order valence-corrected chi connectivity index (χ1v) is 6.80. The minimum Gasteiger partial charge on any atom is -0.496 e. The van der Waals surface area contributed by atoms with Crippen LogP contribution in [0.1, 0.15) is 29.7 Å². The van der Waals surface area contributed by atoms with Gasteiger partial charge in [0.2, 0.25) is 0 Å². The molecular formula is C16H22N2O. The van der Waals surface area contributed by atoms with Gasteiger partial charge in [0.25, 0.3) is 0 Å². The van der Waals surface area contributed by atoms with Crippen molar-refractivity contribution in [2.24, 2.45) is 5.73 Å². The van der Waals surface area contributed by atoms with E-state index in [1.54, 1.807) is 7.11 Å². The smallest absolute Gasteiger partial charge is 0.130 e. The van der Waals surface area contributed by atoms with Crippen molar-refractivity contribution >= 4 is 10.9 Å². The second-order valence-electron chi connectivity index (χ2n) is 5.03. The topological polar surface area (TPSA) is 48.1 Å². The van der Waals surface area contributed by atoms with Crippen molar-refractivity contribution in [3.05, 3.63) is 35.0 Å². The van der Waals surface area contributed by atoms with Crippen molar-refractivity contribution in [2.75, 3.05) is 13.7 Å². The van der Waals surface area contributed by atoms with Gasteiger partial charge in [-0.2, -0.15) is 0 Å². The Labute approximate surface area is 114 Å². The van der Waals surface area contributed by atoms with Gasteiger partial charge >= 0.3 is 0 Å². The lowest BCUT2D eigenvalue weighted by atomic mass is 10.0. The number of ether oxygens (including phenoxy) is 1. The maximum atomic E-state index is 5.57. The molecule has 0 spiro atoms. The normalized spacial score (nSPS) is 10.9. The minimum atomic E-state index is 0.750. The number of aromatic nitrogens is 1. The fourth-order valence-electron chi connectivity index (χ4n) is 2.47. The van der Waals surface area contributed by atoms with Gasteiger partial charge < -0.3 is 10.5 Å². The molecule has 0 aliphatic carbocycles. The number of pyridine rings is 1. The van der Waals surface area contributed by atoms with Crippen LogP contribution in [0.5, 0.6) is 5.75 Å². The Morgan fingerprint density at radius 3 is 2.63 bits per heavy atom. The van der Waals surface area contributed by atoms with Crippen LogP contribution in [0.3, 0.4) is 0 Å². The fraction of sp³-hybridized carbons (Fsp3) is 0.438. The average Bonchev–Trinajstić information content (AvgIpc) is 2.39. The van der Waals surface area contributed by atoms with E-state index in [0.29, 0.717) is 0 Å². The number of nitrogens with two attached hydrogens (primary N) is 1. The van der Waals surface area contributed by atoms with Gasteiger partial charge in [-0.05, 0) is 56.8 Å². The summed E-state index contributed by atoms with van der Waals surface area (Å²) in [6.45, 7) is 4.87. The predicted molar refractivity (Wildman–Crippen MR) is 79.8 cm³/mol. The number of fused-ring (bicyclic) bond motifs is 1. The highest BCUT2D eigenvalue weighted by atomic mass is 16.5. The minimum absolute atomic E-state index is 0.750. The molecule has 0 fully saturated rings. The van der Waals surface area contributed by atoms with E-state index in [0.717, 1.165) is 48.2 Å². The summed E-state index contributed by atoms with van der Waals surface area (Å²) in [5.41, 5.74) is 10.2. The van der Waals surface area contributed by atoms with Crippen LogP contribution in [-0.4, -0.2) is 18.6 Å². The van der Waals surface area contributed by atoms with Gasteiger partial charge in [0, 0.05) is 17.1 Å². The number of unbranched alkanes of at least 4 members (excludes halogenated alkanes) is 1. The predicted octanol–water partition coefficient (Wildman–Crippen LogP) is 3.14. The van der Waals surface area contributed by atoms with Crippen molar-refractivity contribution < 1.29 is 4.74 Å². The van der Waals surface area contributed by atoms with E-state index in [1.165, 1.54) is 11.1 Å². The third-order valence-corrected chi connectivity index (χ3v) is 3.35. The Morgan fingerprint density at radius 2 is 1.95 bits per heavy atom. The van der Waals surface area contributed by atoms with Crippen LogP contribution in [0.4, 0.5) is 0 Å². The van der Waals surface area contributed by atoms with Crippen LogP contribution >= 0.6 is 0 Å².